The van der Waals surface area contributed by atoms with Crippen LogP contribution in [0.2, 0.25) is 0 Å². The molecule has 0 spiro atoms. The fourth-order valence-corrected chi connectivity index (χ4v) is 7.67. The van der Waals surface area contributed by atoms with Crippen molar-refractivity contribution in [1.82, 2.24) is 0 Å². The van der Waals surface area contributed by atoms with Gasteiger partial charge < -0.3 is 14.8 Å². The Kier molecular flexibility index (Phi) is 5.36. The Balaban J connectivity index is 2.02. The van der Waals surface area contributed by atoms with Gasteiger partial charge in [-0.05, 0) is 38.3 Å². The Morgan fingerprint density at radius 2 is 1.81 bits per heavy atom. The molecule has 2 atom stereocenters. The van der Waals surface area contributed by atoms with Crippen LogP contribution in [0.1, 0.15) is 29.5 Å². The number of carbonyl (C=O) groups is 2. The van der Waals surface area contributed by atoms with Gasteiger partial charge in [-0.15, -0.1) is 0 Å². The number of aryl methyl sites for hydroxylation is 3. The molecule has 0 aromatic heterocycles. The number of aliphatic carboxylic acids is 1. The highest BCUT2D eigenvalue weighted by Gasteiger charge is 2.49. The van der Waals surface area contributed by atoms with Crippen LogP contribution in [-0.4, -0.2) is 48.3 Å². The minimum Gasteiger partial charge on any atom is -0.550 e. The third-order valence-corrected chi connectivity index (χ3v) is 7.92. The summed E-state index contributed by atoms with van der Waals surface area (Å²) in [6, 6.07) is 3.74. The average molecular weight is 410 g/mol. The number of hydrogen-bond donors (Lipinski definition) is 0. The second-order valence-electron chi connectivity index (χ2n) is 7.08. The topological polar surface area (TPSA) is 107 Å². The number of sulfone groups is 1. The summed E-state index contributed by atoms with van der Waals surface area (Å²) in [5.74, 6) is -1.77. The van der Waals surface area contributed by atoms with Crippen LogP contribution >= 0.6 is 11.8 Å². The van der Waals surface area contributed by atoms with E-state index in [9.17, 15) is 23.1 Å². The van der Waals surface area contributed by atoms with Crippen molar-refractivity contribution in [2.24, 2.45) is 4.99 Å². The molecular formula is C18H21N2O5S2-. The molecule has 0 aliphatic carbocycles. The number of carbonyl (C=O) groups excluding carboxylic acids is 2. The standard InChI is InChI=1S/C18H22N2O5S2/c1-10-6-11(2)17(12(3)7-10)20-13-8-27(24,25)9-14(13)26-18(20)19-15(21)4-5-16(22)23/h6-7,13-14H,4-5,8-9H2,1-3H3,(H,22,23)/p-1/t13-,14+/m0/s1. The van der Waals surface area contributed by atoms with E-state index in [-0.39, 0.29) is 35.6 Å². The Hall–Kier alpha value is -1.87. The fourth-order valence-electron chi connectivity index (χ4n) is 3.75. The second-order valence-corrected chi connectivity index (χ2v) is 10.4. The van der Waals surface area contributed by atoms with E-state index in [1.165, 1.54) is 11.8 Å². The zero-order valence-corrected chi connectivity index (χ0v) is 17.0. The smallest absolute Gasteiger partial charge is 0.248 e. The molecule has 2 fully saturated rings. The highest BCUT2D eigenvalue weighted by molar-refractivity contribution is 8.16. The van der Waals surface area contributed by atoms with E-state index in [0.29, 0.717) is 5.17 Å². The number of amides is 1. The van der Waals surface area contributed by atoms with Crippen molar-refractivity contribution in [2.45, 2.75) is 44.9 Å². The summed E-state index contributed by atoms with van der Waals surface area (Å²) in [5.41, 5.74) is 3.92. The van der Waals surface area contributed by atoms with Crippen LogP contribution in [0.3, 0.4) is 0 Å². The Labute approximate surface area is 162 Å². The summed E-state index contributed by atoms with van der Waals surface area (Å²) < 4.78 is 24.3. The number of hydrogen-bond acceptors (Lipinski definition) is 6. The van der Waals surface area contributed by atoms with Gasteiger partial charge in [-0.2, -0.15) is 4.99 Å². The lowest BCUT2D eigenvalue weighted by Crippen LogP contribution is -2.38. The van der Waals surface area contributed by atoms with Crippen LogP contribution in [0.5, 0.6) is 0 Å². The number of aliphatic imine (C=N–C) groups is 1. The summed E-state index contributed by atoms with van der Waals surface area (Å²) in [6.07, 6.45) is -0.621. The lowest BCUT2D eigenvalue weighted by molar-refractivity contribution is -0.305. The maximum atomic E-state index is 12.1. The maximum absolute atomic E-state index is 12.1. The van der Waals surface area contributed by atoms with Crippen LogP contribution in [0.4, 0.5) is 5.69 Å². The molecule has 2 aliphatic rings. The number of benzene rings is 1. The first-order valence-corrected chi connectivity index (χ1v) is 11.3. The summed E-state index contributed by atoms with van der Waals surface area (Å²) in [7, 11) is -3.14. The van der Waals surface area contributed by atoms with Crippen LogP contribution < -0.4 is 10.0 Å². The van der Waals surface area contributed by atoms with Crippen LogP contribution in [-0.2, 0) is 19.4 Å². The Bertz CT molecular complexity index is 916. The Morgan fingerprint density at radius 3 is 2.41 bits per heavy atom. The monoisotopic (exact) mass is 409 g/mol. The van der Waals surface area contributed by atoms with Crippen molar-refractivity contribution in [3.05, 3.63) is 28.8 Å². The number of carboxylic acids is 1. The second kappa shape index (κ2) is 7.27. The number of thioether (sulfide) groups is 1. The van der Waals surface area contributed by atoms with Crippen molar-refractivity contribution < 1.29 is 23.1 Å². The first-order chi connectivity index (χ1) is 12.6. The molecule has 3 rings (SSSR count). The van der Waals surface area contributed by atoms with Crippen molar-refractivity contribution in [1.29, 1.82) is 0 Å². The quantitative estimate of drug-likeness (QED) is 0.722. The third kappa shape index (κ3) is 4.19. The lowest BCUT2D eigenvalue weighted by Gasteiger charge is -2.28. The van der Waals surface area contributed by atoms with E-state index in [2.05, 4.69) is 4.99 Å². The molecule has 9 heteroatoms. The molecule has 2 saturated heterocycles. The van der Waals surface area contributed by atoms with Gasteiger partial charge in [-0.3, -0.25) is 4.79 Å². The average Bonchev–Trinajstić information content (AvgIpc) is 2.97. The molecule has 0 saturated carbocycles. The van der Waals surface area contributed by atoms with Gasteiger partial charge in [0.15, 0.2) is 15.0 Å². The molecule has 2 aliphatic heterocycles. The molecule has 27 heavy (non-hydrogen) atoms. The number of nitrogens with zero attached hydrogens (tertiary/aromatic N) is 2. The maximum Gasteiger partial charge on any atom is 0.248 e. The number of carboxylic acid groups (broad SMARTS) is 1. The summed E-state index contributed by atoms with van der Waals surface area (Å²) in [6.45, 7) is 5.89. The fraction of sp³-hybridized carbons (Fsp3) is 0.500. The van der Waals surface area contributed by atoms with Crippen LogP contribution in [0.15, 0.2) is 17.1 Å². The lowest BCUT2D eigenvalue weighted by atomic mass is 10.0. The van der Waals surface area contributed by atoms with E-state index in [0.717, 1.165) is 22.4 Å². The predicted octanol–water partition coefficient (Wildman–Crippen LogP) is 0.743. The van der Waals surface area contributed by atoms with Gasteiger partial charge in [0.25, 0.3) is 0 Å². The third-order valence-electron chi connectivity index (χ3n) is 4.71. The molecule has 1 aromatic carbocycles. The Morgan fingerprint density at radius 1 is 1.19 bits per heavy atom. The molecule has 0 bridgehead atoms. The molecule has 1 amide bonds. The van der Waals surface area contributed by atoms with E-state index in [1.807, 2.05) is 37.8 Å². The van der Waals surface area contributed by atoms with Gasteiger partial charge in [0.2, 0.25) is 5.91 Å². The van der Waals surface area contributed by atoms with Crippen molar-refractivity contribution >= 4 is 44.3 Å². The zero-order chi connectivity index (χ0) is 19.9. The van der Waals surface area contributed by atoms with E-state index >= 15 is 0 Å². The van der Waals surface area contributed by atoms with Gasteiger partial charge in [0.05, 0.1) is 17.5 Å². The number of anilines is 1. The van der Waals surface area contributed by atoms with Crippen LogP contribution in [0.25, 0.3) is 0 Å². The minimum absolute atomic E-state index is 0.0175. The molecule has 0 N–H and O–H groups in total. The van der Waals surface area contributed by atoms with Crippen molar-refractivity contribution in [3.63, 3.8) is 0 Å². The van der Waals surface area contributed by atoms with Crippen LogP contribution in [0, 0.1) is 20.8 Å². The molecule has 0 radical (unpaired) electrons. The number of rotatable bonds is 4. The van der Waals surface area contributed by atoms with E-state index < -0.39 is 21.7 Å². The molecule has 2 heterocycles. The molecule has 7 nitrogen and oxygen atoms in total. The first kappa shape index (κ1) is 19.9. The molecule has 1 aromatic rings. The first-order valence-electron chi connectivity index (χ1n) is 8.63. The predicted molar refractivity (Wildman–Crippen MR) is 104 cm³/mol. The van der Waals surface area contributed by atoms with Gasteiger partial charge >= 0.3 is 0 Å². The van der Waals surface area contributed by atoms with Crippen molar-refractivity contribution in [2.75, 3.05) is 16.4 Å². The SMILES string of the molecule is Cc1cc(C)c(N2C(=NC(=O)CCC(=O)[O-])S[C@@H]3CS(=O)(=O)C[C@@H]32)c(C)c1. The zero-order valence-electron chi connectivity index (χ0n) is 15.4. The summed E-state index contributed by atoms with van der Waals surface area (Å²) in [5, 5.41) is 10.8. The summed E-state index contributed by atoms with van der Waals surface area (Å²) >= 11 is 1.28. The van der Waals surface area contributed by atoms with E-state index in [1.54, 1.807) is 0 Å². The normalized spacial score (nSPS) is 25.0. The minimum atomic E-state index is -3.14. The highest BCUT2D eigenvalue weighted by atomic mass is 32.2. The molecular weight excluding hydrogens is 388 g/mol. The molecule has 0 unspecified atom stereocenters. The largest absolute Gasteiger partial charge is 0.550 e. The number of fused-ring (bicyclic) bond motifs is 1. The van der Waals surface area contributed by atoms with Gasteiger partial charge in [-0.1, -0.05) is 29.5 Å². The van der Waals surface area contributed by atoms with Crippen molar-refractivity contribution in [3.8, 4) is 0 Å². The number of amidine groups is 1. The highest BCUT2D eigenvalue weighted by Crippen LogP contribution is 2.43. The van der Waals surface area contributed by atoms with Gasteiger partial charge in [-0.25, -0.2) is 8.42 Å². The summed E-state index contributed by atoms with van der Waals surface area (Å²) in [4.78, 5) is 28.7. The van der Waals surface area contributed by atoms with E-state index in [4.69, 9.17) is 0 Å². The molecule has 146 valence electrons. The van der Waals surface area contributed by atoms with Gasteiger partial charge in [0, 0.05) is 23.3 Å². The van der Waals surface area contributed by atoms with Gasteiger partial charge in [0.1, 0.15) is 0 Å².